The average Bonchev–Trinajstić information content (AvgIpc) is 2.77. The van der Waals surface area contributed by atoms with Crippen molar-refractivity contribution in [1.82, 2.24) is 10.2 Å². The highest BCUT2D eigenvalue weighted by Gasteiger charge is 2.36. The van der Waals surface area contributed by atoms with Crippen LogP contribution in [0, 0.1) is 5.41 Å². The Bertz CT molecular complexity index is 195. The number of piperidine rings is 1. The number of nitrogens with one attached hydrogen (secondary N) is 1. The van der Waals surface area contributed by atoms with Gasteiger partial charge in [0.1, 0.15) is 0 Å². The van der Waals surface area contributed by atoms with E-state index < -0.39 is 0 Å². The van der Waals surface area contributed by atoms with Gasteiger partial charge in [0.25, 0.3) is 0 Å². The standard InChI is InChI=1S/C14H28N2/c1-3-13(15-2)12-16-10-8-14(9-11-16)6-4-5-7-14/h13,15H,3-12H2,1-2H3. The fraction of sp³-hybridized carbons (Fsp3) is 1.00. The van der Waals surface area contributed by atoms with Crippen LogP contribution < -0.4 is 5.32 Å². The maximum absolute atomic E-state index is 3.42. The normalized spacial score (nSPS) is 27.4. The van der Waals surface area contributed by atoms with Crippen LogP contribution in [0.1, 0.15) is 51.9 Å². The molecule has 1 aliphatic carbocycles. The first-order valence-electron chi connectivity index (χ1n) is 7.18. The zero-order chi connectivity index (χ0) is 11.4. The Balaban J connectivity index is 1.76. The van der Waals surface area contributed by atoms with E-state index in [1.165, 1.54) is 64.6 Å². The fourth-order valence-electron chi connectivity index (χ4n) is 3.57. The van der Waals surface area contributed by atoms with Gasteiger partial charge in [-0.3, -0.25) is 0 Å². The molecule has 0 aromatic heterocycles. The van der Waals surface area contributed by atoms with Crippen molar-refractivity contribution in [1.29, 1.82) is 0 Å². The number of rotatable bonds is 4. The van der Waals surface area contributed by atoms with Gasteiger partial charge in [0.15, 0.2) is 0 Å². The molecule has 2 rings (SSSR count). The molecule has 0 radical (unpaired) electrons. The highest BCUT2D eigenvalue weighted by atomic mass is 15.2. The third-order valence-corrected chi connectivity index (χ3v) is 4.96. The summed E-state index contributed by atoms with van der Waals surface area (Å²) in [7, 11) is 2.09. The molecule has 2 nitrogen and oxygen atoms in total. The number of hydrogen-bond acceptors (Lipinski definition) is 2. The van der Waals surface area contributed by atoms with Crippen LogP contribution in [0.25, 0.3) is 0 Å². The number of likely N-dealkylation sites (N-methyl/N-ethyl adjacent to an activating group) is 1. The first-order chi connectivity index (χ1) is 7.78. The van der Waals surface area contributed by atoms with Gasteiger partial charge in [-0.2, -0.15) is 0 Å². The molecule has 0 aromatic rings. The summed E-state index contributed by atoms with van der Waals surface area (Å²) in [6.07, 6.45) is 10.2. The highest BCUT2D eigenvalue weighted by Crippen LogP contribution is 2.46. The second-order valence-corrected chi connectivity index (χ2v) is 5.90. The molecular weight excluding hydrogens is 196 g/mol. The summed E-state index contributed by atoms with van der Waals surface area (Å²) >= 11 is 0. The van der Waals surface area contributed by atoms with E-state index in [0.717, 1.165) is 5.41 Å². The molecule has 1 spiro atoms. The zero-order valence-electron chi connectivity index (χ0n) is 11.1. The minimum absolute atomic E-state index is 0.692. The molecule has 2 aliphatic rings. The molecule has 2 fully saturated rings. The molecule has 0 bridgehead atoms. The lowest BCUT2D eigenvalue weighted by molar-refractivity contribution is 0.101. The Morgan fingerprint density at radius 1 is 1.12 bits per heavy atom. The number of nitrogens with zero attached hydrogens (tertiary/aromatic N) is 1. The first kappa shape index (κ1) is 12.4. The van der Waals surface area contributed by atoms with Crippen molar-refractivity contribution in [3.8, 4) is 0 Å². The summed E-state index contributed by atoms with van der Waals surface area (Å²) in [4.78, 5) is 2.67. The SMILES string of the molecule is CCC(CN1CCC2(CCCC2)CC1)NC. The monoisotopic (exact) mass is 224 g/mol. The third kappa shape index (κ3) is 2.78. The summed E-state index contributed by atoms with van der Waals surface area (Å²) in [6.45, 7) is 6.23. The van der Waals surface area contributed by atoms with Crippen molar-refractivity contribution >= 4 is 0 Å². The quantitative estimate of drug-likeness (QED) is 0.790. The van der Waals surface area contributed by atoms with Gasteiger partial charge in [0.05, 0.1) is 0 Å². The Morgan fingerprint density at radius 3 is 2.25 bits per heavy atom. The van der Waals surface area contributed by atoms with E-state index >= 15 is 0 Å². The van der Waals surface area contributed by atoms with Crippen LogP contribution in [0.5, 0.6) is 0 Å². The molecule has 0 amide bonds. The van der Waals surface area contributed by atoms with E-state index in [9.17, 15) is 0 Å². The molecule has 94 valence electrons. The molecule has 1 saturated carbocycles. The average molecular weight is 224 g/mol. The van der Waals surface area contributed by atoms with Crippen LogP contribution in [-0.4, -0.2) is 37.6 Å². The lowest BCUT2D eigenvalue weighted by Gasteiger charge is -2.40. The second kappa shape index (κ2) is 5.50. The topological polar surface area (TPSA) is 15.3 Å². The summed E-state index contributed by atoms with van der Waals surface area (Å²) in [6, 6.07) is 0.692. The molecule has 1 aliphatic heterocycles. The van der Waals surface area contributed by atoms with Crippen LogP contribution in [-0.2, 0) is 0 Å². The van der Waals surface area contributed by atoms with Gasteiger partial charge in [-0.15, -0.1) is 0 Å². The van der Waals surface area contributed by atoms with Crippen molar-refractivity contribution < 1.29 is 0 Å². The zero-order valence-corrected chi connectivity index (χ0v) is 11.1. The molecule has 1 saturated heterocycles. The van der Waals surface area contributed by atoms with E-state index in [-0.39, 0.29) is 0 Å². The Hall–Kier alpha value is -0.0800. The molecule has 1 unspecified atom stereocenters. The molecular formula is C14H28N2. The third-order valence-electron chi connectivity index (χ3n) is 4.96. The lowest BCUT2D eigenvalue weighted by atomic mass is 9.77. The largest absolute Gasteiger partial charge is 0.316 e. The lowest BCUT2D eigenvalue weighted by Crippen LogP contribution is -2.45. The smallest absolute Gasteiger partial charge is 0.0189 e. The van der Waals surface area contributed by atoms with Crippen LogP contribution in [0.4, 0.5) is 0 Å². The van der Waals surface area contributed by atoms with Crippen molar-refractivity contribution in [2.24, 2.45) is 5.41 Å². The number of likely N-dealkylation sites (tertiary alicyclic amines) is 1. The Labute approximate surface area is 101 Å². The predicted octanol–water partition coefficient (Wildman–Crippen LogP) is 2.64. The number of hydrogen-bond donors (Lipinski definition) is 1. The molecule has 2 heteroatoms. The van der Waals surface area contributed by atoms with Gasteiger partial charge in [-0.25, -0.2) is 0 Å². The van der Waals surface area contributed by atoms with E-state index in [2.05, 4.69) is 24.2 Å². The fourth-order valence-corrected chi connectivity index (χ4v) is 3.57. The maximum Gasteiger partial charge on any atom is 0.0189 e. The van der Waals surface area contributed by atoms with Crippen LogP contribution >= 0.6 is 0 Å². The van der Waals surface area contributed by atoms with E-state index in [4.69, 9.17) is 0 Å². The van der Waals surface area contributed by atoms with Gasteiger partial charge in [-0.1, -0.05) is 19.8 Å². The van der Waals surface area contributed by atoms with E-state index in [1.54, 1.807) is 0 Å². The van der Waals surface area contributed by atoms with Gasteiger partial charge in [0, 0.05) is 12.6 Å². The molecule has 1 atom stereocenters. The van der Waals surface area contributed by atoms with Gasteiger partial charge in [-0.05, 0) is 57.7 Å². The van der Waals surface area contributed by atoms with Crippen LogP contribution in [0.15, 0.2) is 0 Å². The Kier molecular flexibility index (Phi) is 4.26. The molecule has 0 aromatic carbocycles. The summed E-state index contributed by atoms with van der Waals surface area (Å²) in [5, 5.41) is 3.42. The highest BCUT2D eigenvalue weighted by molar-refractivity contribution is 4.90. The van der Waals surface area contributed by atoms with Crippen molar-refractivity contribution in [2.75, 3.05) is 26.7 Å². The predicted molar refractivity (Wildman–Crippen MR) is 69.7 cm³/mol. The summed E-state index contributed by atoms with van der Waals surface area (Å²) in [5.41, 5.74) is 0.776. The van der Waals surface area contributed by atoms with Gasteiger partial charge in [0.2, 0.25) is 0 Å². The van der Waals surface area contributed by atoms with Crippen molar-refractivity contribution in [3.05, 3.63) is 0 Å². The molecule has 1 N–H and O–H groups in total. The van der Waals surface area contributed by atoms with E-state index in [1.807, 2.05) is 0 Å². The van der Waals surface area contributed by atoms with Crippen molar-refractivity contribution in [2.45, 2.75) is 57.9 Å². The minimum Gasteiger partial charge on any atom is -0.316 e. The van der Waals surface area contributed by atoms with Crippen LogP contribution in [0.2, 0.25) is 0 Å². The van der Waals surface area contributed by atoms with Gasteiger partial charge >= 0.3 is 0 Å². The van der Waals surface area contributed by atoms with E-state index in [0.29, 0.717) is 6.04 Å². The maximum atomic E-state index is 3.42. The van der Waals surface area contributed by atoms with Gasteiger partial charge < -0.3 is 10.2 Å². The molecule has 16 heavy (non-hydrogen) atoms. The Morgan fingerprint density at radius 2 is 1.75 bits per heavy atom. The van der Waals surface area contributed by atoms with Crippen molar-refractivity contribution in [3.63, 3.8) is 0 Å². The molecule has 1 heterocycles. The minimum atomic E-state index is 0.692. The van der Waals surface area contributed by atoms with Crippen LogP contribution in [0.3, 0.4) is 0 Å². The first-order valence-corrected chi connectivity index (χ1v) is 7.18. The second-order valence-electron chi connectivity index (χ2n) is 5.90. The summed E-state index contributed by atoms with van der Waals surface area (Å²) in [5.74, 6) is 0. The summed E-state index contributed by atoms with van der Waals surface area (Å²) < 4.78 is 0.